The van der Waals surface area contributed by atoms with E-state index >= 15 is 0 Å². The number of hydrogen-bond acceptors (Lipinski definition) is 3. The maximum Gasteiger partial charge on any atom is 0.124 e. The van der Waals surface area contributed by atoms with E-state index in [-0.39, 0.29) is 25.1 Å². The zero-order valence-corrected chi connectivity index (χ0v) is 9.71. The second kappa shape index (κ2) is 6.15. The normalized spacial score (nSPS) is 13.1. The van der Waals surface area contributed by atoms with Crippen LogP contribution in [0.15, 0.2) is 18.2 Å². The lowest BCUT2D eigenvalue weighted by atomic mass is 10.1. The van der Waals surface area contributed by atoms with Crippen molar-refractivity contribution in [3.8, 4) is 0 Å². The molecule has 0 saturated carbocycles. The van der Waals surface area contributed by atoms with Crippen LogP contribution in [0, 0.1) is 5.82 Å². The van der Waals surface area contributed by atoms with E-state index in [0.717, 1.165) is 5.56 Å². The summed E-state index contributed by atoms with van der Waals surface area (Å²) >= 11 is 5.89. The maximum absolute atomic E-state index is 12.8. The summed E-state index contributed by atoms with van der Waals surface area (Å²) in [4.78, 5) is 0. The zero-order valence-electron chi connectivity index (χ0n) is 8.95. The Hall–Kier alpha value is -0.680. The molecule has 3 N–H and O–H groups in total. The monoisotopic (exact) mass is 247 g/mol. The third-order valence-electron chi connectivity index (χ3n) is 2.36. The van der Waals surface area contributed by atoms with Gasteiger partial charge in [-0.15, -0.1) is 0 Å². The van der Waals surface area contributed by atoms with Gasteiger partial charge in [0.1, 0.15) is 5.82 Å². The van der Waals surface area contributed by atoms with E-state index in [1.807, 2.05) is 6.92 Å². The van der Waals surface area contributed by atoms with Crippen LogP contribution < -0.4 is 5.32 Å². The first kappa shape index (κ1) is 13.4. The first-order chi connectivity index (χ1) is 7.58. The Morgan fingerprint density at radius 2 is 2.00 bits per heavy atom. The number of benzene rings is 1. The summed E-state index contributed by atoms with van der Waals surface area (Å²) < 4.78 is 12.8. The average Bonchev–Trinajstić information content (AvgIpc) is 2.25. The van der Waals surface area contributed by atoms with Crippen molar-refractivity contribution in [2.45, 2.75) is 19.0 Å². The predicted molar refractivity (Wildman–Crippen MR) is 60.9 cm³/mol. The molecule has 3 nitrogen and oxygen atoms in total. The number of hydrogen-bond donors (Lipinski definition) is 3. The molecular weight excluding hydrogens is 233 g/mol. The summed E-state index contributed by atoms with van der Waals surface area (Å²) in [6.07, 6.45) is 0. The highest BCUT2D eigenvalue weighted by Gasteiger charge is 2.14. The third-order valence-corrected chi connectivity index (χ3v) is 2.68. The fourth-order valence-electron chi connectivity index (χ4n) is 1.46. The Kier molecular flexibility index (Phi) is 5.15. The van der Waals surface area contributed by atoms with E-state index in [1.165, 1.54) is 12.1 Å². The first-order valence-electron chi connectivity index (χ1n) is 5.01. The van der Waals surface area contributed by atoms with E-state index in [0.29, 0.717) is 5.02 Å². The molecular formula is C11H15ClFNO2. The molecule has 16 heavy (non-hydrogen) atoms. The molecule has 0 heterocycles. The van der Waals surface area contributed by atoms with Crippen LogP contribution in [-0.2, 0) is 0 Å². The van der Waals surface area contributed by atoms with Crippen LogP contribution in [0.2, 0.25) is 5.02 Å². The van der Waals surface area contributed by atoms with E-state index in [1.54, 1.807) is 6.07 Å². The van der Waals surface area contributed by atoms with Gasteiger partial charge in [0.05, 0.1) is 19.3 Å². The molecule has 0 radical (unpaired) electrons. The Labute approximate surface area is 98.9 Å². The molecule has 5 heteroatoms. The molecule has 1 aromatic rings. The van der Waals surface area contributed by atoms with Crippen LogP contribution >= 0.6 is 11.6 Å². The van der Waals surface area contributed by atoms with Crippen LogP contribution in [0.3, 0.4) is 0 Å². The Bertz CT molecular complexity index is 345. The molecule has 0 bridgehead atoms. The van der Waals surface area contributed by atoms with E-state index in [2.05, 4.69) is 5.32 Å². The molecule has 0 aromatic heterocycles. The van der Waals surface area contributed by atoms with Crippen molar-refractivity contribution in [3.05, 3.63) is 34.6 Å². The summed E-state index contributed by atoms with van der Waals surface area (Å²) in [5, 5.41) is 21.2. The average molecular weight is 248 g/mol. The highest BCUT2D eigenvalue weighted by atomic mass is 35.5. The van der Waals surface area contributed by atoms with Gasteiger partial charge in [-0.05, 0) is 24.6 Å². The predicted octanol–water partition coefficient (Wildman–Crippen LogP) is 1.48. The van der Waals surface area contributed by atoms with Gasteiger partial charge >= 0.3 is 0 Å². The lowest BCUT2D eigenvalue weighted by Crippen LogP contribution is -2.37. The summed E-state index contributed by atoms with van der Waals surface area (Å²) in [6, 6.07) is 3.57. The second-order valence-electron chi connectivity index (χ2n) is 3.62. The van der Waals surface area contributed by atoms with Crippen molar-refractivity contribution < 1.29 is 14.6 Å². The highest BCUT2D eigenvalue weighted by molar-refractivity contribution is 6.31. The van der Waals surface area contributed by atoms with Crippen molar-refractivity contribution in [3.63, 3.8) is 0 Å². The topological polar surface area (TPSA) is 52.5 Å². The Morgan fingerprint density at radius 1 is 1.38 bits per heavy atom. The van der Waals surface area contributed by atoms with Crippen molar-refractivity contribution in [2.24, 2.45) is 0 Å². The Balaban J connectivity index is 2.76. The molecule has 1 unspecified atom stereocenters. The molecule has 0 aliphatic rings. The van der Waals surface area contributed by atoms with Crippen LogP contribution in [-0.4, -0.2) is 29.5 Å². The van der Waals surface area contributed by atoms with E-state index in [4.69, 9.17) is 21.8 Å². The minimum atomic E-state index is -0.406. The molecule has 1 atom stereocenters. The van der Waals surface area contributed by atoms with Gasteiger partial charge in [0, 0.05) is 11.1 Å². The fraction of sp³-hybridized carbons (Fsp3) is 0.455. The standard InChI is InChI=1S/C11H15ClFNO2/c1-7(14-9(5-15)6-16)10-3-2-8(13)4-11(10)12/h2-4,7,9,14-16H,5-6H2,1H3. The van der Waals surface area contributed by atoms with Crippen molar-refractivity contribution in [2.75, 3.05) is 13.2 Å². The van der Waals surface area contributed by atoms with Crippen LogP contribution in [0.1, 0.15) is 18.5 Å². The zero-order chi connectivity index (χ0) is 12.1. The molecule has 0 spiro atoms. The molecule has 1 aromatic carbocycles. The molecule has 0 aliphatic carbocycles. The lowest BCUT2D eigenvalue weighted by Gasteiger charge is -2.21. The molecule has 90 valence electrons. The van der Waals surface area contributed by atoms with Gasteiger partial charge < -0.3 is 15.5 Å². The summed E-state index contributed by atoms with van der Waals surface area (Å²) in [6.45, 7) is 1.50. The second-order valence-corrected chi connectivity index (χ2v) is 4.02. The van der Waals surface area contributed by atoms with Crippen molar-refractivity contribution >= 4 is 11.6 Å². The van der Waals surface area contributed by atoms with Gasteiger partial charge in [-0.2, -0.15) is 0 Å². The van der Waals surface area contributed by atoms with Crippen LogP contribution in [0.25, 0.3) is 0 Å². The van der Waals surface area contributed by atoms with E-state index < -0.39 is 6.04 Å². The van der Waals surface area contributed by atoms with Crippen LogP contribution in [0.5, 0.6) is 0 Å². The highest BCUT2D eigenvalue weighted by Crippen LogP contribution is 2.23. The molecule has 0 saturated heterocycles. The molecule has 0 aliphatic heterocycles. The minimum Gasteiger partial charge on any atom is -0.395 e. The number of aliphatic hydroxyl groups is 2. The quantitative estimate of drug-likeness (QED) is 0.739. The third kappa shape index (κ3) is 3.42. The number of nitrogens with one attached hydrogen (secondary N) is 1. The van der Waals surface area contributed by atoms with Crippen LogP contribution in [0.4, 0.5) is 4.39 Å². The van der Waals surface area contributed by atoms with Gasteiger partial charge in [0.15, 0.2) is 0 Å². The number of halogens is 2. The SMILES string of the molecule is CC(NC(CO)CO)c1ccc(F)cc1Cl. The summed E-state index contributed by atoms with van der Waals surface area (Å²) in [7, 11) is 0. The molecule has 0 amide bonds. The molecule has 1 rings (SSSR count). The smallest absolute Gasteiger partial charge is 0.124 e. The van der Waals surface area contributed by atoms with Gasteiger partial charge in [-0.25, -0.2) is 4.39 Å². The summed E-state index contributed by atoms with van der Waals surface area (Å²) in [5.41, 5.74) is 0.731. The van der Waals surface area contributed by atoms with Gasteiger partial charge in [-0.3, -0.25) is 0 Å². The fourth-order valence-corrected chi connectivity index (χ4v) is 1.79. The molecule has 0 fully saturated rings. The van der Waals surface area contributed by atoms with Crippen molar-refractivity contribution in [1.29, 1.82) is 0 Å². The van der Waals surface area contributed by atoms with Crippen molar-refractivity contribution in [1.82, 2.24) is 5.32 Å². The van der Waals surface area contributed by atoms with Gasteiger partial charge in [0.25, 0.3) is 0 Å². The van der Waals surface area contributed by atoms with E-state index in [9.17, 15) is 4.39 Å². The first-order valence-corrected chi connectivity index (χ1v) is 5.39. The van der Waals surface area contributed by atoms with Gasteiger partial charge in [0.2, 0.25) is 0 Å². The largest absolute Gasteiger partial charge is 0.395 e. The summed E-state index contributed by atoms with van der Waals surface area (Å²) in [5.74, 6) is -0.387. The van der Waals surface area contributed by atoms with Gasteiger partial charge in [-0.1, -0.05) is 17.7 Å². The Morgan fingerprint density at radius 3 is 2.50 bits per heavy atom. The number of aliphatic hydroxyl groups excluding tert-OH is 2. The minimum absolute atomic E-state index is 0.167. The maximum atomic E-state index is 12.8. The number of rotatable bonds is 5. The lowest BCUT2D eigenvalue weighted by molar-refractivity contribution is 0.163.